The van der Waals surface area contributed by atoms with Crippen LogP contribution in [0.25, 0.3) is 6.08 Å². The maximum Gasteiger partial charge on any atom is 0.391 e. The van der Waals surface area contributed by atoms with Crippen LogP contribution in [0, 0.1) is 11.8 Å². The van der Waals surface area contributed by atoms with Crippen LogP contribution in [-0.4, -0.2) is 18.3 Å². The molecule has 1 saturated carbocycles. The summed E-state index contributed by atoms with van der Waals surface area (Å²) in [5.41, 5.74) is 0.757. The van der Waals surface area contributed by atoms with Crippen molar-refractivity contribution in [2.75, 3.05) is 7.11 Å². The van der Waals surface area contributed by atoms with E-state index in [1.807, 2.05) is 6.07 Å². The number of nitrogens with zero attached hydrogens (tertiary/aromatic N) is 1. The molecule has 0 aromatic carbocycles. The van der Waals surface area contributed by atoms with Crippen molar-refractivity contribution in [2.45, 2.75) is 19.0 Å². The van der Waals surface area contributed by atoms with E-state index >= 15 is 0 Å². The Labute approximate surface area is 117 Å². The van der Waals surface area contributed by atoms with Gasteiger partial charge in [0.2, 0.25) is 5.88 Å². The van der Waals surface area contributed by atoms with Gasteiger partial charge in [-0.05, 0) is 40.8 Å². The molecule has 0 aliphatic heterocycles. The predicted molar refractivity (Wildman–Crippen MR) is 69.8 cm³/mol. The third-order valence-corrected chi connectivity index (χ3v) is 3.66. The van der Waals surface area contributed by atoms with E-state index in [1.54, 1.807) is 18.3 Å². The molecule has 1 aliphatic rings. The Morgan fingerprint density at radius 3 is 2.68 bits per heavy atom. The van der Waals surface area contributed by atoms with E-state index in [4.69, 9.17) is 4.74 Å². The summed E-state index contributed by atoms with van der Waals surface area (Å²) in [4.78, 5) is 4.07. The monoisotopic (exact) mass is 335 g/mol. The van der Waals surface area contributed by atoms with Gasteiger partial charge in [-0.25, -0.2) is 4.98 Å². The average molecular weight is 336 g/mol. The molecule has 0 amide bonds. The van der Waals surface area contributed by atoms with E-state index < -0.39 is 12.1 Å². The lowest BCUT2D eigenvalue weighted by molar-refractivity contribution is -0.200. The fourth-order valence-electron chi connectivity index (χ4n) is 2.06. The number of hydrogen-bond donors (Lipinski definition) is 0. The number of methoxy groups -OCH3 is 1. The second-order valence-electron chi connectivity index (χ2n) is 4.58. The number of alkyl halides is 3. The third-order valence-electron chi connectivity index (χ3n) is 3.22. The Bertz CT molecular complexity index is 481. The van der Waals surface area contributed by atoms with Gasteiger partial charge >= 0.3 is 6.18 Å². The van der Waals surface area contributed by atoms with Crippen LogP contribution in [0.15, 0.2) is 22.8 Å². The Balaban J connectivity index is 1.99. The molecule has 2 rings (SSSR count). The number of rotatable bonds is 3. The minimum Gasteiger partial charge on any atom is -0.481 e. The van der Waals surface area contributed by atoms with Gasteiger partial charge in [0.05, 0.1) is 13.0 Å². The molecule has 104 valence electrons. The van der Waals surface area contributed by atoms with Crippen LogP contribution in [-0.2, 0) is 0 Å². The molecule has 0 atom stereocenters. The zero-order valence-electron chi connectivity index (χ0n) is 10.2. The van der Waals surface area contributed by atoms with Crippen molar-refractivity contribution in [2.24, 2.45) is 11.8 Å². The molecule has 1 fully saturated rings. The topological polar surface area (TPSA) is 22.1 Å². The molecule has 0 N–H and O–H groups in total. The normalized spacial score (nSPS) is 23.4. The van der Waals surface area contributed by atoms with Crippen LogP contribution < -0.4 is 4.74 Å². The first-order chi connectivity index (χ1) is 8.90. The molecule has 0 bridgehead atoms. The standard InChI is InChI=1S/C13H13BrF3NO/c1-19-12-9(6-11(14)7-18-12)3-2-8-4-10(5-8)13(15,16)17/h2-3,6-8,10H,4-5H2,1H3/b3-2+. The highest BCUT2D eigenvalue weighted by Crippen LogP contribution is 2.45. The van der Waals surface area contributed by atoms with Gasteiger partial charge in [0.15, 0.2) is 0 Å². The number of halogens is 4. The van der Waals surface area contributed by atoms with Gasteiger partial charge in [-0.1, -0.05) is 12.2 Å². The first kappa shape index (κ1) is 14.4. The number of pyridine rings is 1. The summed E-state index contributed by atoms with van der Waals surface area (Å²) in [6.45, 7) is 0. The van der Waals surface area contributed by atoms with Crippen molar-refractivity contribution < 1.29 is 17.9 Å². The SMILES string of the molecule is COc1ncc(Br)cc1/C=C/C1CC(C(F)(F)F)C1. The average Bonchev–Trinajstić information content (AvgIpc) is 2.25. The van der Waals surface area contributed by atoms with E-state index in [2.05, 4.69) is 20.9 Å². The molecule has 1 aromatic heterocycles. The number of allylic oxidation sites excluding steroid dienone is 1. The molecule has 2 nitrogen and oxygen atoms in total. The zero-order valence-corrected chi connectivity index (χ0v) is 11.8. The summed E-state index contributed by atoms with van der Waals surface area (Å²) in [6.07, 6.45) is 1.47. The van der Waals surface area contributed by atoms with Crippen molar-refractivity contribution >= 4 is 22.0 Å². The van der Waals surface area contributed by atoms with E-state index in [9.17, 15) is 13.2 Å². The van der Waals surface area contributed by atoms with Gasteiger partial charge < -0.3 is 4.74 Å². The highest BCUT2D eigenvalue weighted by atomic mass is 79.9. The van der Waals surface area contributed by atoms with E-state index in [0.717, 1.165) is 10.0 Å². The summed E-state index contributed by atoms with van der Waals surface area (Å²) in [5, 5.41) is 0. The first-order valence-corrected chi connectivity index (χ1v) is 6.64. The predicted octanol–water partition coefficient (Wildman–Crippen LogP) is 4.45. The van der Waals surface area contributed by atoms with E-state index in [1.165, 1.54) is 7.11 Å². The lowest BCUT2D eigenvalue weighted by atomic mass is 9.74. The Hall–Kier alpha value is -1.04. The molecule has 6 heteroatoms. The second kappa shape index (κ2) is 5.53. The molecular weight excluding hydrogens is 323 g/mol. The van der Waals surface area contributed by atoms with Crippen LogP contribution in [0.4, 0.5) is 13.2 Å². The Morgan fingerprint density at radius 1 is 1.42 bits per heavy atom. The molecule has 1 aromatic rings. The number of hydrogen-bond acceptors (Lipinski definition) is 2. The minimum absolute atomic E-state index is 0.0182. The van der Waals surface area contributed by atoms with Crippen molar-refractivity contribution in [3.63, 3.8) is 0 Å². The molecule has 0 unspecified atom stereocenters. The zero-order chi connectivity index (χ0) is 14.0. The molecule has 0 saturated heterocycles. The summed E-state index contributed by atoms with van der Waals surface area (Å²) in [7, 11) is 1.51. The van der Waals surface area contributed by atoms with Gasteiger partial charge in [-0.15, -0.1) is 0 Å². The molecular formula is C13H13BrF3NO. The van der Waals surface area contributed by atoms with Gasteiger partial charge in [-0.3, -0.25) is 0 Å². The van der Waals surface area contributed by atoms with E-state index in [-0.39, 0.29) is 18.8 Å². The quantitative estimate of drug-likeness (QED) is 0.813. The molecule has 0 radical (unpaired) electrons. The van der Waals surface area contributed by atoms with Crippen LogP contribution in [0.1, 0.15) is 18.4 Å². The van der Waals surface area contributed by atoms with Crippen LogP contribution >= 0.6 is 15.9 Å². The van der Waals surface area contributed by atoms with Crippen LogP contribution in [0.2, 0.25) is 0 Å². The fraction of sp³-hybridized carbons (Fsp3) is 0.462. The summed E-state index contributed by atoms with van der Waals surface area (Å²) < 4.78 is 42.9. The molecule has 1 aliphatic carbocycles. The maximum atomic E-state index is 12.3. The van der Waals surface area contributed by atoms with E-state index in [0.29, 0.717) is 5.88 Å². The molecule has 1 heterocycles. The number of aromatic nitrogens is 1. The minimum atomic E-state index is -4.06. The number of ether oxygens (including phenoxy) is 1. The van der Waals surface area contributed by atoms with Crippen molar-refractivity contribution in [3.8, 4) is 5.88 Å². The molecule has 0 spiro atoms. The lowest BCUT2D eigenvalue weighted by Crippen LogP contribution is -2.34. The van der Waals surface area contributed by atoms with Crippen LogP contribution in [0.5, 0.6) is 5.88 Å². The third kappa shape index (κ3) is 3.49. The summed E-state index contributed by atoms with van der Waals surface area (Å²) >= 11 is 3.30. The first-order valence-electron chi connectivity index (χ1n) is 5.84. The summed E-state index contributed by atoms with van der Waals surface area (Å²) in [6, 6.07) is 1.82. The largest absolute Gasteiger partial charge is 0.481 e. The second-order valence-corrected chi connectivity index (χ2v) is 5.50. The Morgan fingerprint density at radius 2 is 2.11 bits per heavy atom. The Kier molecular flexibility index (Phi) is 4.18. The maximum absolute atomic E-state index is 12.3. The van der Waals surface area contributed by atoms with Gasteiger partial charge in [-0.2, -0.15) is 13.2 Å². The van der Waals surface area contributed by atoms with Gasteiger partial charge in [0.1, 0.15) is 0 Å². The van der Waals surface area contributed by atoms with Gasteiger partial charge in [0, 0.05) is 16.2 Å². The molecule has 19 heavy (non-hydrogen) atoms. The fourth-order valence-corrected chi connectivity index (χ4v) is 2.41. The van der Waals surface area contributed by atoms with Crippen LogP contribution in [0.3, 0.4) is 0 Å². The van der Waals surface area contributed by atoms with Crippen molar-refractivity contribution in [1.82, 2.24) is 4.98 Å². The lowest BCUT2D eigenvalue weighted by Gasteiger charge is -2.34. The van der Waals surface area contributed by atoms with Crippen molar-refractivity contribution in [3.05, 3.63) is 28.4 Å². The van der Waals surface area contributed by atoms with Crippen molar-refractivity contribution in [1.29, 1.82) is 0 Å². The smallest absolute Gasteiger partial charge is 0.391 e. The highest BCUT2D eigenvalue weighted by molar-refractivity contribution is 9.10. The highest BCUT2D eigenvalue weighted by Gasteiger charge is 2.46. The summed E-state index contributed by atoms with van der Waals surface area (Å²) in [5.74, 6) is -0.703. The van der Waals surface area contributed by atoms with Gasteiger partial charge in [0.25, 0.3) is 0 Å².